The molecule has 0 atom stereocenters. The highest BCUT2D eigenvalue weighted by Crippen LogP contribution is 2.14. The lowest BCUT2D eigenvalue weighted by Gasteiger charge is -2.06. The van der Waals surface area contributed by atoms with Crippen molar-refractivity contribution < 1.29 is 24.6 Å². The lowest BCUT2D eigenvalue weighted by Crippen LogP contribution is -2.24. The normalized spacial score (nSPS) is 11.6. The molecule has 0 aliphatic carbocycles. The third kappa shape index (κ3) is 3.10. The molecule has 1 amide bonds. The largest absolute Gasteiger partial charge is 0.478 e. The minimum atomic E-state index is -1.60. The van der Waals surface area contributed by atoms with E-state index in [1.165, 1.54) is 12.4 Å². The number of rotatable bonds is 5. The number of carbonyl (C=O) groups excluding carboxylic acids is 1. The predicted octanol–water partition coefficient (Wildman–Crippen LogP) is 0.352. The van der Waals surface area contributed by atoms with Gasteiger partial charge in [-0.2, -0.15) is 0 Å². The van der Waals surface area contributed by atoms with Crippen LogP contribution in [0, 0.1) is 0 Å². The standard InChI is InChI=1S/C9H9N3O5S/c1-2-4(7(14)15)5(8(16)17)6(13)11-9-12-10-3-18-9/h3H,2H2,1H3,(H,14,15)(H,16,17)(H,11,12,13)/b5-4+. The van der Waals surface area contributed by atoms with E-state index in [0.29, 0.717) is 0 Å². The summed E-state index contributed by atoms with van der Waals surface area (Å²) in [7, 11) is 0. The Bertz CT molecular complexity index is 508. The molecular weight excluding hydrogens is 262 g/mol. The molecule has 0 radical (unpaired) electrons. The average molecular weight is 271 g/mol. The summed E-state index contributed by atoms with van der Waals surface area (Å²) in [4.78, 5) is 33.5. The average Bonchev–Trinajstić information content (AvgIpc) is 2.76. The molecular formula is C9H9N3O5S. The molecule has 96 valence electrons. The van der Waals surface area contributed by atoms with Gasteiger partial charge in [0, 0.05) is 0 Å². The first-order valence-electron chi connectivity index (χ1n) is 4.74. The fraction of sp³-hybridized carbons (Fsp3) is 0.222. The predicted molar refractivity (Wildman–Crippen MR) is 61.1 cm³/mol. The molecule has 1 heterocycles. The van der Waals surface area contributed by atoms with E-state index in [2.05, 4.69) is 15.5 Å². The van der Waals surface area contributed by atoms with Gasteiger partial charge in [-0.3, -0.25) is 10.1 Å². The fourth-order valence-corrected chi connectivity index (χ4v) is 1.63. The Hall–Kier alpha value is -2.29. The number of nitrogens with zero attached hydrogens (tertiary/aromatic N) is 2. The van der Waals surface area contributed by atoms with E-state index in [1.54, 1.807) is 0 Å². The summed E-state index contributed by atoms with van der Waals surface area (Å²) in [5.41, 5.74) is 0.0715. The van der Waals surface area contributed by atoms with Gasteiger partial charge in [-0.25, -0.2) is 9.59 Å². The van der Waals surface area contributed by atoms with E-state index in [9.17, 15) is 14.4 Å². The quantitative estimate of drug-likeness (QED) is 0.400. The molecule has 9 heteroatoms. The van der Waals surface area contributed by atoms with Crippen molar-refractivity contribution in [2.24, 2.45) is 0 Å². The van der Waals surface area contributed by atoms with Crippen molar-refractivity contribution in [1.82, 2.24) is 10.2 Å². The highest BCUT2D eigenvalue weighted by Gasteiger charge is 2.26. The Morgan fingerprint density at radius 2 is 2.00 bits per heavy atom. The van der Waals surface area contributed by atoms with Crippen molar-refractivity contribution in [2.45, 2.75) is 13.3 Å². The van der Waals surface area contributed by atoms with Crippen LogP contribution < -0.4 is 5.32 Å². The summed E-state index contributed by atoms with van der Waals surface area (Å²) in [6.07, 6.45) is -0.0828. The number of aromatic nitrogens is 2. The molecule has 0 aliphatic heterocycles. The van der Waals surface area contributed by atoms with E-state index in [-0.39, 0.29) is 11.6 Å². The first-order valence-corrected chi connectivity index (χ1v) is 5.62. The molecule has 3 N–H and O–H groups in total. The first kappa shape index (κ1) is 13.8. The molecule has 1 aromatic rings. The Balaban J connectivity index is 3.09. The van der Waals surface area contributed by atoms with Crippen LogP contribution in [0.3, 0.4) is 0 Å². The van der Waals surface area contributed by atoms with Crippen LogP contribution in [0.5, 0.6) is 0 Å². The number of hydrogen-bond acceptors (Lipinski definition) is 6. The van der Waals surface area contributed by atoms with Gasteiger partial charge < -0.3 is 10.2 Å². The van der Waals surface area contributed by atoms with E-state index in [1.807, 2.05) is 0 Å². The van der Waals surface area contributed by atoms with Gasteiger partial charge in [-0.05, 0) is 6.42 Å². The Morgan fingerprint density at radius 3 is 2.39 bits per heavy atom. The van der Waals surface area contributed by atoms with Gasteiger partial charge in [0.1, 0.15) is 11.1 Å². The lowest BCUT2D eigenvalue weighted by atomic mass is 10.1. The molecule has 1 rings (SSSR count). The monoisotopic (exact) mass is 271 g/mol. The second kappa shape index (κ2) is 5.87. The third-order valence-corrected chi connectivity index (χ3v) is 2.54. The first-order chi connectivity index (χ1) is 8.47. The van der Waals surface area contributed by atoms with Gasteiger partial charge in [-0.15, -0.1) is 10.2 Å². The summed E-state index contributed by atoms with van der Waals surface area (Å²) in [6.45, 7) is 1.45. The Kier molecular flexibility index (Phi) is 4.49. The van der Waals surface area contributed by atoms with Gasteiger partial charge in [0.25, 0.3) is 5.91 Å². The van der Waals surface area contributed by atoms with Gasteiger partial charge >= 0.3 is 11.9 Å². The van der Waals surface area contributed by atoms with Gasteiger partial charge in [-0.1, -0.05) is 18.3 Å². The number of hydrogen-bond donors (Lipinski definition) is 3. The maximum Gasteiger partial charge on any atom is 0.341 e. The van der Waals surface area contributed by atoms with Crippen LogP contribution in [0.25, 0.3) is 0 Å². The SMILES string of the molecule is CC/C(C(=O)O)=C(\C(=O)O)C(=O)Nc1nncs1. The zero-order chi connectivity index (χ0) is 13.7. The van der Waals surface area contributed by atoms with Crippen LogP contribution in [0.1, 0.15) is 13.3 Å². The lowest BCUT2D eigenvalue weighted by molar-refractivity contribution is -0.137. The van der Waals surface area contributed by atoms with Crippen molar-refractivity contribution in [1.29, 1.82) is 0 Å². The van der Waals surface area contributed by atoms with Gasteiger partial charge in [0.2, 0.25) is 5.13 Å². The van der Waals surface area contributed by atoms with E-state index < -0.39 is 29.0 Å². The van der Waals surface area contributed by atoms with E-state index in [0.717, 1.165) is 11.3 Å². The number of nitrogens with one attached hydrogen (secondary N) is 1. The zero-order valence-corrected chi connectivity index (χ0v) is 10.0. The molecule has 1 aromatic heterocycles. The fourth-order valence-electron chi connectivity index (χ4n) is 1.19. The summed E-state index contributed by atoms with van der Waals surface area (Å²) < 4.78 is 0. The van der Waals surface area contributed by atoms with Crippen molar-refractivity contribution in [3.63, 3.8) is 0 Å². The molecule has 0 bridgehead atoms. The summed E-state index contributed by atoms with van der Waals surface area (Å²) in [5, 5.41) is 27.0. The molecule has 0 saturated heterocycles. The molecule has 0 aromatic carbocycles. The minimum Gasteiger partial charge on any atom is -0.478 e. The number of carboxylic acids is 2. The van der Waals surface area contributed by atoms with Crippen molar-refractivity contribution in [3.8, 4) is 0 Å². The van der Waals surface area contributed by atoms with E-state index >= 15 is 0 Å². The van der Waals surface area contributed by atoms with Gasteiger partial charge in [0.05, 0.1) is 5.57 Å². The highest BCUT2D eigenvalue weighted by atomic mass is 32.1. The molecule has 0 saturated carbocycles. The number of aliphatic carboxylic acids is 2. The molecule has 0 aliphatic rings. The molecule has 18 heavy (non-hydrogen) atoms. The third-order valence-electron chi connectivity index (χ3n) is 1.93. The topological polar surface area (TPSA) is 129 Å². The number of amides is 1. The Morgan fingerprint density at radius 1 is 1.33 bits per heavy atom. The van der Waals surface area contributed by atoms with Crippen LogP contribution >= 0.6 is 11.3 Å². The van der Waals surface area contributed by atoms with Crippen LogP contribution in [-0.4, -0.2) is 38.3 Å². The molecule has 0 spiro atoms. The Labute approximate surface area is 105 Å². The van der Waals surface area contributed by atoms with E-state index in [4.69, 9.17) is 10.2 Å². The zero-order valence-electron chi connectivity index (χ0n) is 9.21. The number of carboxylic acid groups (broad SMARTS) is 2. The number of carbonyl (C=O) groups is 3. The second-order valence-electron chi connectivity index (χ2n) is 3.02. The highest BCUT2D eigenvalue weighted by molar-refractivity contribution is 7.13. The van der Waals surface area contributed by atoms with Crippen LogP contribution in [-0.2, 0) is 14.4 Å². The second-order valence-corrected chi connectivity index (χ2v) is 3.85. The summed E-state index contributed by atoms with van der Waals surface area (Å²) in [6, 6.07) is 0. The summed E-state index contributed by atoms with van der Waals surface area (Å²) in [5.74, 6) is -4.07. The van der Waals surface area contributed by atoms with Crippen molar-refractivity contribution in [2.75, 3.05) is 5.32 Å². The smallest absolute Gasteiger partial charge is 0.341 e. The minimum absolute atomic E-state index is 0.0828. The van der Waals surface area contributed by atoms with Gasteiger partial charge in [0.15, 0.2) is 0 Å². The summed E-state index contributed by atoms with van der Waals surface area (Å²) >= 11 is 0.991. The molecule has 0 unspecified atom stereocenters. The van der Waals surface area contributed by atoms with Crippen molar-refractivity contribution >= 4 is 34.3 Å². The van der Waals surface area contributed by atoms with Crippen LogP contribution in [0.15, 0.2) is 16.7 Å². The van der Waals surface area contributed by atoms with Crippen molar-refractivity contribution in [3.05, 3.63) is 16.7 Å². The van der Waals surface area contributed by atoms with Crippen LogP contribution in [0.2, 0.25) is 0 Å². The molecule has 8 nitrogen and oxygen atoms in total. The maximum absolute atomic E-state index is 11.7. The van der Waals surface area contributed by atoms with Crippen LogP contribution in [0.4, 0.5) is 5.13 Å². The molecule has 0 fully saturated rings. The number of anilines is 1. The maximum atomic E-state index is 11.7.